The molecule has 1 saturated heterocycles. The molecule has 25 heavy (non-hydrogen) atoms. The van der Waals surface area contributed by atoms with Gasteiger partial charge < -0.3 is 10.0 Å². The second-order valence-electron chi connectivity index (χ2n) is 6.12. The number of aliphatic hydroxyl groups is 1. The minimum Gasteiger partial charge on any atom is -0.387 e. The molecule has 1 aliphatic rings. The monoisotopic (exact) mass is 351 g/mol. The number of halogens is 3. The standard InChI is InChI=1S/C18H20F3N3O/c19-18(20,21)15-6-7-17(22-12-15)24-10-8-23(9-11-24)13-16(25)14-4-2-1-3-5-14/h1-7,12,16,25H,8-11,13H2/t16-/m0/s1. The van der Waals surface area contributed by atoms with Crippen molar-refractivity contribution in [1.82, 2.24) is 9.88 Å². The van der Waals surface area contributed by atoms with E-state index in [-0.39, 0.29) is 0 Å². The lowest BCUT2D eigenvalue weighted by molar-refractivity contribution is -0.137. The lowest BCUT2D eigenvalue weighted by atomic mass is 10.1. The normalized spacial score (nSPS) is 17.5. The Labute approximate surface area is 144 Å². The average Bonchev–Trinajstić information content (AvgIpc) is 2.62. The summed E-state index contributed by atoms with van der Waals surface area (Å²) in [7, 11) is 0. The summed E-state index contributed by atoms with van der Waals surface area (Å²) in [6.45, 7) is 3.33. The largest absolute Gasteiger partial charge is 0.417 e. The van der Waals surface area contributed by atoms with Gasteiger partial charge in [-0.25, -0.2) is 4.98 Å². The van der Waals surface area contributed by atoms with Crippen molar-refractivity contribution in [3.05, 3.63) is 59.8 Å². The van der Waals surface area contributed by atoms with E-state index in [0.717, 1.165) is 30.9 Å². The Morgan fingerprint density at radius 3 is 2.24 bits per heavy atom. The molecule has 0 spiro atoms. The van der Waals surface area contributed by atoms with Crippen molar-refractivity contribution in [3.8, 4) is 0 Å². The van der Waals surface area contributed by atoms with Crippen LogP contribution in [0.4, 0.5) is 19.0 Å². The van der Waals surface area contributed by atoms with Gasteiger partial charge in [0.25, 0.3) is 0 Å². The Kier molecular flexibility index (Phi) is 5.24. The van der Waals surface area contributed by atoms with Gasteiger partial charge in [-0.2, -0.15) is 13.2 Å². The maximum absolute atomic E-state index is 12.6. The van der Waals surface area contributed by atoms with Gasteiger partial charge in [0.15, 0.2) is 0 Å². The highest BCUT2D eigenvalue weighted by molar-refractivity contribution is 5.40. The number of hydrogen-bond acceptors (Lipinski definition) is 4. The van der Waals surface area contributed by atoms with Gasteiger partial charge >= 0.3 is 6.18 Å². The smallest absolute Gasteiger partial charge is 0.387 e. The van der Waals surface area contributed by atoms with E-state index in [1.165, 1.54) is 6.07 Å². The van der Waals surface area contributed by atoms with Crippen molar-refractivity contribution in [2.24, 2.45) is 0 Å². The van der Waals surface area contributed by atoms with Crippen molar-refractivity contribution < 1.29 is 18.3 Å². The Morgan fingerprint density at radius 1 is 1.00 bits per heavy atom. The third-order valence-corrected chi connectivity index (χ3v) is 4.39. The van der Waals surface area contributed by atoms with Crippen molar-refractivity contribution in [2.45, 2.75) is 12.3 Å². The summed E-state index contributed by atoms with van der Waals surface area (Å²) in [5.41, 5.74) is 0.148. The molecule has 1 aromatic carbocycles. The van der Waals surface area contributed by atoms with E-state index in [4.69, 9.17) is 0 Å². The number of aromatic nitrogens is 1. The van der Waals surface area contributed by atoms with Crippen LogP contribution in [0.5, 0.6) is 0 Å². The van der Waals surface area contributed by atoms with E-state index in [9.17, 15) is 18.3 Å². The van der Waals surface area contributed by atoms with Crippen LogP contribution in [0, 0.1) is 0 Å². The lowest BCUT2D eigenvalue weighted by Gasteiger charge is -2.36. The van der Waals surface area contributed by atoms with Gasteiger partial charge in [0.2, 0.25) is 0 Å². The molecule has 3 rings (SSSR count). The van der Waals surface area contributed by atoms with Crippen LogP contribution < -0.4 is 4.90 Å². The molecule has 1 atom stereocenters. The molecule has 0 saturated carbocycles. The van der Waals surface area contributed by atoms with E-state index in [0.29, 0.717) is 25.5 Å². The van der Waals surface area contributed by atoms with Gasteiger partial charge in [0, 0.05) is 38.9 Å². The Balaban J connectivity index is 1.53. The third kappa shape index (κ3) is 4.49. The van der Waals surface area contributed by atoms with E-state index in [1.807, 2.05) is 35.2 Å². The quantitative estimate of drug-likeness (QED) is 0.919. The molecule has 134 valence electrons. The number of alkyl halides is 3. The van der Waals surface area contributed by atoms with Gasteiger partial charge in [-0.15, -0.1) is 0 Å². The number of hydrogen-bond donors (Lipinski definition) is 1. The molecular weight excluding hydrogens is 331 g/mol. The highest BCUT2D eigenvalue weighted by Gasteiger charge is 2.31. The number of piperazine rings is 1. The van der Waals surface area contributed by atoms with Crippen LogP contribution in [0.2, 0.25) is 0 Å². The van der Waals surface area contributed by atoms with Crippen LogP contribution >= 0.6 is 0 Å². The lowest BCUT2D eigenvalue weighted by Crippen LogP contribution is -2.47. The zero-order chi connectivity index (χ0) is 17.9. The van der Waals surface area contributed by atoms with E-state index in [1.54, 1.807) is 0 Å². The van der Waals surface area contributed by atoms with Gasteiger partial charge in [-0.1, -0.05) is 30.3 Å². The first-order chi connectivity index (χ1) is 11.9. The van der Waals surface area contributed by atoms with Gasteiger partial charge in [-0.05, 0) is 17.7 Å². The molecule has 2 heterocycles. The van der Waals surface area contributed by atoms with Crippen LogP contribution in [0.1, 0.15) is 17.2 Å². The second-order valence-corrected chi connectivity index (χ2v) is 6.12. The SMILES string of the molecule is O[C@@H](CN1CCN(c2ccc(C(F)(F)F)cn2)CC1)c1ccccc1. The topological polar surface area (TPSA) is 39.6 Å². The van der Waals surface area contributed by atoms with Gasteiger partial charge in [-0.3, -0.25) is 4.90 Å². The van der Waals surface area contributed by atoms with Gasteiger partial charge in [0.05, 0.1) is 11.7 Å². The zero-order valence-electron chi connectivity index (χ0n) is 13.7. The average molecular weight is 351 g/mol. The first-order valence-electron chi connectivity index (χ1n) is 8.17. The molecule has 4 nitrogen and oxygen atoms in total. The molecule has 0 bridgehead atoms. The number of pyridine rings is 1. The number of β-amino-alcohol motifs (C(OH)–C–C–N with tert-alkyl or cyclic N) is 1. The summed E-state index contributed by atoms with van der Waals surface area (Å²) in [6.07, 6.45) is -4.03. The fraction of sp³-hybridized carbons (Fsp3) is 0.389. The third-order valence-electron chi connectivity index (χ3n) is 4.39. The summed E-state index contributed by atoms with van der Waals surface area (Å²) >= 11 is 0. The molecule has 2 aromatic rings. The van der Waals surface area contributed by atoms with Crippen LogP contribution in [-0.4, -0.2) is 47.7 Å². The van der Waals surface area contributed by atoms with Crippen LogP contribution in [-0.2, 0) is 6.18 Å². The number of benzene rings is 1. The van der Waals surface area contributed by atoms with Crippen molar-refractivity contribution in [1.29, 1.82) is 0 Å². The minimum absolute atomic E-state index is 0.540. The summed E-state index contributed by atoms with van der Waals surface area (Å²) in [5.74, 6) is 0.552. The molecule has 7 heteroatoms. The molecule has 1 aliphatic heterocycles. The van der Waals surface area contributed by atoms with Crippen LogP contribution in [0.25, 0.3) is 0 Å². The fourth-order valence-corrected chi connectivity index (χ4v) is 2.93. The van der Waals surface area contributed by atoms with Crippen LogP contribution in [0.3, 0.4) is 0 Å². The molecular formula is C18H20F3N3O. The van der Waals surface area contributed by atoms with Gasteiger partial charge in [0.1, 0.15) is 5.82 Å². The Morgan fingerprint density at radius 2 is 1.68 bits per heavy atom. The maximum Gasteiger partial charge on any atom is 0.417 e. The van der Waals surface area contributed by atoms with Crippen molar-refractivity contribution in [2.75, 3.05) is 37.6 Å². The number of rotatable bonds is 4. The van der Waals surface area contributed by atoms with E-state index < -0.39 is 17.8 Å². The molecule has 1 fully saturated rings. The van der Waals surface area contributed by atoms with Crippen molar-refractivity contribution >= 4 is 5.82 Å². The highest BCUT2D eigenvalue weighted by atomic mass is 19.4. The molecule has 0 amide bonds. The summed E-state index contributed by atoms with van der Waals surface area (Å²) < 4.78 is 37.8. The predicted octanol–water partition coefficient (Wildman–Crippen LogP) is 2.96. The fourth-order valence-electron chi connectivity index (χ4n) is 2.93. The molecule has 0 unspecified atom stereocenters. The number of anilines is 1. The Bertz CT molecular complexity index is 668. The highest BCUT2D eigenvalue weighted by Crippen LogP contribution is 2.29. The van der Waals surface area contributed by atoms with Crippen LogP contribution in [0.15, 0.2) is 48.7 Å². The molecule has 0 aliphatic carbocycles. The minimum atomic E-state index is -4.36. The second kappa shape index (κ2) is 7.41. The summed E-state index contributed by atoms with van der Waals surface area (Å²) in [6, 6.07) is 12.0. The predicted molar refractivity (Wildman–Crippen MR) is 89.3 cm³/mol. The molecule has 1 aromatic heterocycles. The van der Waals surface area contributed by atoms with E-state index >= 15 is 0 Å². The first-order valence-corrected chi connectivity index (χ1v) is 8.17. The Hall–Kier alpha value is -2.12. The first kappa shape index (κ1) is 17.7. The molecule has 0 radical (unpaired) electrons. The molecule has 1 N–H and O–H groups in total. The summed E-state index contributed by atoms with van der Waals surface area (Å²) in [4.78, 5) is 8.06. The number of nitrogens with zero attached hydrogens (tertiary/aromatic N) is 3. The number of aliphatic hydroxyl groups excluding tert-OH is 1. The maximum atomic E-state index is 12.6. The van der Waals surface area contributed by atoms with Crippen molar-refractivity contribution in [3.63, 3.8) is 0 Å². The summed E-state index contributed by atoms with van der Waals surface area (Å²) in [5, 5.41) is 10.3. The zero-order valence-corrected chi connectivity index (χ0v) is 13.7. The van der Waals surface area contributed by atoms with E-state index in [2.05, 4.69) is 9.88 Å².